The molecule has 0 saturated carbocycles. The highest BCUT2D eigenvalue weighted by Gasteiger charge is 2.45. The topological polar surface area (TPSA) is 125 Å². The van der Waals surface area contributed by atoms with E-state index in [2.05, 4.69) is 4.98 Å². The highest BCUT2D eigenvalue weighted by Crippen LogP contribution is 2.38. The van der Waals surface area contributed by atoms with E-state index in [0.717, 1.165) is 16.3 Å². The van der Waals surface area contributed by atoms with Gasteiger partial charge in [-0.15, -0.1) is 11.8 Å². The lowest BCUT2D eigenvalue weighted by Gasteiger charge is -2.41. The fraction of sp³-hybridized carbons (Fsp3) is 0.667. The second kappa shape index (κ2) is 6.32. The van der Waals surface area contributed by atoms with Gasteiger partial charge in [0.15, 0.2) is 0 Å². The number of hydrogen-bond acceptors (Lipinski definition) is 7. The Labute approximate surface area is 124 Å². The van der Waals surface area contributed by atoms with Gasteiger partial charge in [0, 0.05) is 18.9 Å². The summed E-state index contributed by atoms with van der Waals surface area (Å²) in [6.07, 6.45) is -1.19. The van der Waals surface area contributed by atoms with Crippen molar-refractivity contribution in [2.24, 2.45) is 0 Å². The summed E-state index contributed by atoms with van der Waals surface area (Å²) in [7, 11) is 1.41. The van der Waals surface area contributed by atoms with Crippen LogP contribution in [-0.4, -0.2) is 61.5 Å². The van der Waals surface area contributed by atoms with E-state index in [1.54, 1.807) is 0 Å². The Morgan fingerprint density at radius 1 is 1.38 bits per heavy atom. The highest BCUT2D eigenvalue weighted by molar-refractivity contribution is 8.00. The summed E-state index contributed by atoms with van der Waals surface area (Å²) in [6, 6.07) is -0.874. The Hall–Kier alpha value is -1.13. The highest BCUT2D eigenvalue weighted by atomic mass is 32.2. The average Bonchev–Trinajstić information content (AvgIpc) is 2.46. The van der Waals surface area contributed by atoms with Gasteiger partial charge in [0.05, 0.1) is 18.0 Å². The number of aromatic amines is 1. The molecule has 1 saturated heterocycles. The lowest BCUT2D eigenvalue weighted by molar-refractivity contribution is -0.0567. The number of nitrogens with one attached hydrogen (secondary N) is 1. The Kier molecular flexibility index (Phi) is 4.89. The number of rotatable bonds is 3. The first-order chi connectivity index (χ1) is 9.90. The maximum absolute atomic E-state index is 12.0. The van der Waals surface area contributed by atoms with Gasteiger partial charge >= 0.3 is 5.69 Å². The lowest BCUT2D eigenvalue weighted by Crippen LogP contribution is -2.54. The summed E-state index contributed by atoms with van der Waals surface area (Å²) in [5.74, 6) is 0. The van der Waals surface area contributed by atoms with E-state index in [1.807, 2.05) is 0 Å². The van der Waals surface area contributed by atoms with E-state index in [-0.39, 0.29) is 6.61 Å². The second-order valence-electron chi connectivity index (χ2n) is 4.91. The van der Waals surface area contributed by atoms with Crippen molar-refractivity contribution in [3.8, 4) is 0 Å². The zero-order chi connectivity index (χ0) is 15.7. The Morgan fingerprint density at radius 2 is 2.05 bits per heavy atom. The summed E-state index contributed by atoms with van der Waals surface area (Å²) in [5, 5.41) is 28.9. The zero-order valence-corrected chi connectivity index (χ0v) is 12.4. The molecule has 1 aromatic heterocycles. The molecular formula is C12H18N2O6S. The number of ether oxygens (including phenoxy) is 1. The maximum atomic E-state index is 12.0. The van der Waals surface area contributed by atoms with Gasteiger partial charge in [-0.2, -0.15) is 0 Å². The summed E-state index contributed by atoms with van der Waals surface area (Å²) >= 11 is 1.13. The van der Waals surface area contributed by atoms with E-state index in [4.69, 9.17) is 4.74 Å². The van der Waals surface area contributed by atoms with Gasteiger partial charge in [-0.1, -0.05) is 0 Å². The minimum absolute atomic E-state index is 0.306. The first-order valence-electron chi connectivity index (χ1n) is 6.38. The van der Waals surface area contributed by atoms with Crippen LogP contribution in [0.4, 0.5) is 0 Å². The summed E-state index contributed by atoms with van der Waals surface area (Å²) < 4.78 is 6.42. The summed E-state index contributed by atoms with van der Waals surface area (Å²) in [5.41, 5.74) is -1.53. The first kappa shape index (κ1) is 16.2. The molecule has 1 aromatic rings. The van der Waals surface area contributed by atoms with Crippen LogP contribution in [-0.2, 0) is 4.74 Å². The van der Waals surface area contributed by atoms with Crippen molar-refractivity contribution in [3.05, 3.63) is 32.6 Å². The SMILES string of the molecule is CO[C@@H]1S[C@H](CO)[C@@H](O)[C@@H](O)[C@@H]1n1cc(C)c(=O)[nH]c1=O. The number of aliphatic hydroxyl groups is 3. The van der Waals surface area contributed by atoms with Crippen molar-refractivity contribution in [1.82, 2.24) is 9.55 Å². The zero-order valence-electron chi connectivity index (χ0n) is 11.6. The van der Waals surface area contributed by atoms with Crippen molar-refractivity contribution in [2.75, 3.05) is 13.7 Å². The molecule has 0 aliphatic carbocycles. The van der Waals surface area contributed by atoms with Crippen LogP contribution in [0.15, 0.2) is 15.8 Å². The van der Waals surface area contributed by atoms with Gasteiger partial charge in [0.25, 0.3) is 5.56 Å². The molecule has 8 nitrogen and oxygen atoms in total. The largest absolute Gasteiger partial charge is 0.395 e. The lowest BCUT2D eigenvalue weighted by atomic mass is 10.0. The van der Waals surface area contributed by atoms with Gasteiger partial charge in [-0.25, -0.2) is 4.79 Å². The third kappa shape index (κ3) is 2.92. The van der Waals surface area contributed by atoms with Gasteiger partial charge in [0.1, 0.15) is 17.6 Å². The van der Waals surface area contributed by atoms with Gasteiger partial charge in [-0.05, 0) is 6.92 Å². The van der Waals surface area contributed by atoms with Gasteiger partial charge in [0.2, 0.25) is 0 Å². The third-order valence-corrected chi connectivity index (χ3v) is 5.06. The maximum Gasteiger partial charge on any atom is 0.328 e. The van der Waals surface area contributed by atoms with E-state index in [9.17, 15) is 24.9 Å². The molecule has 4 N–H and O–H groups in total. The number of aromatic nitrogens is 2. The van der Waals surface area contributed by atoms with Crippen LogP contribution >= 0.6 is 11.8 Å². The number of thioether (sulfide) groups is 1. The molecule has 2 heterocycles. The standard InChI is InChI=1S/C12H18N2O6S/c1-5-3-14(12(19)13-10(5)18)7-9(17)8(16)6(4-15)21-11(7)20-2/h3,6-9,11,15-17H,4H2,1-2H3,(H,13,18,19)/t6-,7+,8-,9+,11-/m1/s1. The van der Waals surface area contributed by atoms with E-state index >= 15 is 0 Å². The smallest absolute Gasteiger partial charge is 0.328 e. The molecule has 21 heavy (non-hydrogen) atoms. The molecule has 0 amide bonds. The van der Waals surface area contributed by atoms with Gasteiger partial charge in [-0.3, -0.25) is 14.3 Å². The number of aliphatic hydroxyl groups excluding tert-OH is 3. The molecule has 1 fully saturated rings. The van der Waals surface area contributed by atoms with Crippen LogP contribution in [0.2, 0.25) is 0 Å². The number of nitrogens with zero attached hydrogens (tertiary/aromatic N) is 1. The van der Waals surface area contributed by atoms with Crippen molar-refractivity contribution in [1.29, 1.82) is 0 Å². The summed E-state index contributed by atoms with van der Waals surface area (Å²) in [6.45, 7) is 1.21. The van der Waals surface area contributed by atoms with Crippen molar-refractivity contribution in [3.63, 3.8) is 0 Å². The van der Waals surface area contributed by atoms with Crippen molar-refractivity contribution in [2.45, 2.75) is 35.9 Å². The molecule has 0 unspecified atom stereocenters. The molecule has 0 aromatic carbocycles. The van der Waals surface area contributed by atoms with Crippen LogP contribution in [0.1, 0.15) is 11.6 Å². The average molecular weight is 318 g/mol. The molecule has 1 aliphatic heterocycles. The third-order valence-electron chi connectivity index (χ3n) is 3.55. The van der Waals surface area contributed by atoms with Crippen LogP contribution in [0, 0.1) is 6.92 Å². The number of methoxy groups -OCH3 is 1. The molecular weight excluding hydrogens is 300 g/mol. The minimum Gasteiger partial charge on any atom is -0.395 e. The minimum atomic E-state index is -1.31. The number of aryl methyl sites for hydroxylation is 1. The second-order valence-corrected chi connectivity index (χ2v) is 6.25. The van der Waals surface area contributed by atoms with E-state index in [1.165, 1.54) is 20.2 Å². The predicted molar refractivity (Wildman–Crippen MR) is 76.4 cm³/mol. The molecule has 9 heteroatoms. The quantitative estimate of drug-likeness (QED) is 0.517. The van der Waals surface area contributed by atoms with E-state index in [0.29, 0.717) is 5.56 Å². The molecule has 0 spiro atoms. The molecule has 1 aliphatic rings. The van der Waals surface area contributed by atoms with Crippen LogP contribution < -0.4 is 11.2 Å². The molecule has 118 valence electrons. The molecule has 2 rings (SSSR count). The van der Waals surface area contributed by atoms with Crippen LogP contribution in [0.3, 0.4) is 0 Å². The van der Waals surface area contributed by atoms with Crippen LogP contribution in [0.5, 0.6) is 0 Å². The Bertz CT molecular complexity index is 613. The predicted octanol–water partition coefficient (Wildman–Crippen LogP) is -1.81. The van der Waals surface area contributed by atoms with Crippen molar-refractivity contribution < 1.29 is 20.1 Å². The fourth-order valence-electron chi connectivity index (χ4n) is 2.37. The Balaban J connectivity index is 2.48. The van der Waals surface area contributed by atoms with E-state index < -0.39 is 40.2 Å². The van der Waals surface area contributed by atoms with Gasteiger partial charge < -0.3 is 20.1 Å². The number of hydrogen-bond donors (Lipinski definition) is 4. The Morgan fingerprint density at radius 3 is 2.62 bits per heavy atom. The first-order valence-corrected chi connectivity index (χ1v) is 7.32. The molecule has 0 radical (unpaired) electrons. The normalized spacial score (nSPS) is 33.1. The monoisotopic (exact) mass is 318 g/mol. The fourth-order valence-corrected chi connectivity index (χ4v) is 3.68. The molecule has 0 bridgehead atoms. The molecule has 5 atom stereocenters. The van der Waals surface area contributed by atoms with Crippen LogP contribution in [0.25, 0.3) is 0 Å². The number of H-pyrrole nitrogens is 1. The van der Waals surface area contributed by atoms with Crippen molar-refractivity contribution >= 4 is 11.8 Å². The summed E-state index contributed by atoms with van der Waals surface area (Å²) in [4.78, 5) is 25.5.